The summed E-state index contributed by atoms with van der Waals surface area (Å²) >= 11 is 5.88. The van der Waals surface area contributed by atoms with Crippen LogP contribution in [0, 0.1) is 11.5 Å². The molecule has 0 saturated heterocycles. The highest BCUT2D eigenvalue weighted by Gasteiger charge is 2.21. The van der Waals surface area contributed by atoms with Gasteiger partial charge in [0, 0.05) is 23.7 Å². The summed E-state index contributed by atoms with van der Waals surface area (Å²) in [6, 6.07) is 10.8. The van der Waals surface area contributed by atoms with Crippen LogP contribution in [0.15, 0.2) is 53.8 Å². The lowest BCUT2D eigenvalue weighted by Gasteiger charge is -2.24. The zero-order chi connectivity index (χ0) is 28.7. The summed E-state index contributed by atoms with van der Waals surface area (Å²) in [6.07, 6.45) is 7.35. The second-order valence-corrected chi connectivity index (χ2v) is 9.94. The van der Waals surface area contributed by atoms with Gasteiger partial charge in [-0.3, -0.25) is 10.1 Å². The maximum absolute atomic E-state index is 12.0. The molecule has 11 nitrogen and oxygen atoms in total. The lowest BCUT2D eigenvalue weighted by atomic mass is 10.2. The van der Waals surface area contributed by atoms with Crippen molar-refractivity contribution in [3.63, 3.8) is 0 Å². The SMILES string of the molecule is CC(C)(C)OC(C=O)NC(=O)OC[n+]1ccc(N(CCCCCCOc2ccc(Cl)cc2)C(N)=NC#N)cc1. The van der Waals surface area contributed by atoms with Gasteiger partial charge in [0.05, 0.1) is 17.9 Å². The number of aldehydes is 1. The van der Waals surface area contributed by atoms with Gasteiger partial charge in [-0.2, -0.15) is 9.83 Å². The molecule has 12 heteroatoms. The van der Waals surface area contributed by atoms with Crippen molar-refractivity contribution in [2.24, 2.45) is 10.7 Å². The number of halogens is 1. The molecule has 2 rings (SSSR count). The number of pyridine rings is 1. The molecule has 1 unspecified atom stereocenters. The Balaban J connectivity index is 1.81. The van der Waals surface area contributed by atoms with Gasteiger partial charge >= 0.3 is 6.09 Å². The van der Waals surface area contributed by atoms with E-state index in [4.69, 9.17) is 36.8 Å². The quantitative estimate of drug-likeness (QED) is 0.0674. The molecule has 1 aromatic carbocycles. The Hall–Kier alpha value is -3.88. The third kappa shape index (κ3) is 12.5. The molecule has 0 fully saturated rings. The van der Waals surface area contributed by atoms with Crippen LogP contribution in [0.25, 0.3) is 0 Å². The number of amides is 1. The first-order valence-electron chi connectivity index (χ1n) is 12.5. The van der Waals surface area contributed by atoms with Gasteiger partial charge in [0.25, 0.3) is 6.73 Å². The van der Waals surface area contributed by atoms with E-state index < -0.39 is 17.9 Å². The number of hydrogen-bond donors (Lipinski definition) is 2. The summed E-state index contributed by atoms with van der Waals surface area (Å²) in [7, 11) is 0. The van der Waals surface area contributed by atoms with E-state index in [1.54, 1.807) is 73.1 Å². The van der Waals surface area contributed by atoms with Gasteiger partial charge < -0.3 is 24.8 Å². The van der Waals surface area contributed by atoms with Crippen molar-refractivity contribution >= 4 is 35.6 Å². The Bertz CT molecular complexity index is 1110. The number of benzene rings is 1. The molecule has 1 aromatic heterocycles. The van der Waals surface area contributed by atoms with Gasteiger partial charge in [0.2, 0.25) is 12.2 Å². The van der Waals surface area contributed by atoms with Crippen LogP contribution in [0.3, 0.4) is 0 Å². The fourth-order valence-corrected chi connectivity index (χ4v) is 3.54. The summed E-state index contributed by atoms with van der Waals surface area (Å²) in [5, 5.41) is 12.0. The smallest absolute Gasteiger partial charge is 0.414 e. The van der Waals surface area contributed by atoms with E-state index >= 15 is 0 Å². The number of nitrogens with zero attached hydrogens (tertiary/aromatic N) is 4. The number of guanidine groups is 1. The first kappa shape index (κ1) is 31.3. The van der Waals surface area contributed by atoms with Crippen LogP contribution in [0.1, 0.15) is 46.5 Å². The molecule has 0 aliphatic rings. The molecule has 2 aromatic rings. The van der Waals surface area contributed by atoms with Crippen molar-refractivity contribution in [1.82, 2.24) is 5.32 Å². The molecule has 0 spiro atoms. The lowest BCUT2D eigenvalue weighted by molar-refractivity contribution is -0.727. The molecular weight excluding hydrogens is 524 g/mol. The molecule has 39 heavy (non-hydrogen) atoms. The lowest BCUT2D eigenvalue weighted by Crippen LogP contribution is -2.45. The highest BCUT2D eigenvalue weighted by atomic mass is 35.5. The number of anilines is 1. The van der Waals surface area contributed by atoms with Crippen molar-refractivity contribution in [2.45, 2.75) is 65.0 Å². The van der Waals surface area contributed by atoms with Crippen LogP contribution < -0.4 is 25.3 Å². The predicted molar refractivity (Wildman–Crippen MR) is 147 cm³/mol. The van der Waals surface area contributed by atoms with E-state index in [1.165, 1.54) is 0 Å². The predicted octanol–water partition coefficient (Wildman–Crippen LogP) is 3.89. The van der Waals surface area contributed by atoms with Gasteiger partial charge in [-0.05, 0) is 57.9 Å². The van der Waals surface area contributed by atoms with Crippen LogP contribution >= 0.6 is 11.6 Å². The van der Waals surface area contributed by atoms with Crippen LogP contribution in [-0.2, 0) is 21.0 Å². The molecule has 1 amide bonds. The van der Waals surface area contributed by atoms with E-state index in [0.717, 1.165) is 37.1 Å². The number of nitrogens with two attached hydrogens (primary N) is 1. The van der Waals surface area contributed by atoms with Gasteiger partial charge in [0.1, 0.15) is 5.75 Å². The Labute approximate surface area is 234 Å². The molecule has 1 heterocycles. The summed E-state index contributed by atoms with van der Waals surface area (Å²) < 4.78 is 17.9. The van der Waals surface area contributed by atoms with E-state index in [2.05, 4.69) is 10.3 Å². The fourth-order valence-electron chi connectivity index (χ4n) is 3.41. The maximum atomic E-state index is 12.0. The number of nitrogens with one attached hydrogen (secondary N) is 1. The zero-order valence-corrected chi connectivity index (χ0v) is 23.3. The molecule has 0 bridgehead atoms. The Morgan fingerprint density at radius 1 is 1.18 bits per heavy atom. The number of carbonyl (C=O) groups is 2. The molecule has 0 saturated carbocycles. The number of rotatable bonds is 14. The van der Waals surface area contributed by atoms with E-state index in [0.29, 0.717) is 24.5 Å². The fraction of sp³-hybridized carbons (Fsp3) is 0.444. The van der Waals surface area contributed by atoms with E-state index in [9.17, 15) is 9.59 Å². The maximum Gasteiger partial charge on any atom is 0.414 e. The number of ether oxygens (including phenoxy) is 3. The first-order valence-corrected chi connectivity index (χ1v) is 12.9. The van der Waals surface area contributed by atoms with Crippen LogP contribution in [0.4, 0.5) is 10.5 Å². The van der Waals surface area contributed by atoms with Gasteiger partial charge in [-0.25, -0.2) is 4.79 Å². The molecular formula is C27H36ClN6O5+. The molecule has 0 radical (unpaired) electrons. The largest absolute Gasteiger partial charge is 0.494 e. The summed E-state index contributed by atoms with van der Waals surface area (Å²) in [4.78, 5) is 28.6. The average molecular weight is 560 g/mol. The van der Waals surface area contributed by atoms with Crippen molar-refractivity contribution in [2.75, 3.05) is 18.1 Å². The topological polar surface area (TPSA) is 143 Å². The molecule has 3 N–H and O–H groups in total. The second-order valence-electron chi connectivity index (χ2n) is 9.50. The van der Waals surface area contributed by atoms with Crippen LogP contribution in [-0.4, -0.2) is 43.3 Å². The van der Waals surface area contributed by atoms with Gasteiger partial charge in [-0.15, -0.1) is 4.99 Å². The first-order chi connectivity index (χ1) is 18.6. The third-order valence-electron chi connectivity index (χ3n) is 5.19. The molecule has 0 aliphatic heterocycles. The minimum atomic E-state index is -1.11. The number of carbonyl (C=O) groups excluding carboxylic acids is 2. The normalized spacial score (nSPS) is 12.2. The van der Waals surface area contributed by atoms with E-state index in [1.807, 2.05) is 12.1 Å². The number of hydrogen-bond acceptors (Lipinski definition) is 7. The van der Waals surface area contributed by atoms with Crippen LogP contribution in [0.2, 0.25) is 5.02 Å². The number of unbranched alkanes of at least 4 members (excludes halogenated alkanes) is 3. The minimum absolute atomic E-state index is 0.0902. The van der Waals surface area contributed by atoms with Gasteiger partial charge in [-0.1, -0.05) is 24.4 Å². The number of alkyl carbamates (subject to hydrolysis) is 1. The molecule has 1 atom stereocenters. The Kier molecular flexibility index (Phi) is 13.0. The highest BCUT2D eigenvalue weighted by Crippen LogP contribution is 2.17. The van der Waals surface area contributed by atoms with Crippen molar-refractivity contribution in [3.05, 3.63) is 53.8 Å². The summed E-state index contributed by atoms with van der Waals surface area (Å²) in [5.74, 6) is 0.883. The van der Waals surface area contributed by atoms with E-state index in [-0.39, 0.29) is 12.7 Å². The molecule has 210 valence electrons. The Morgan fingerprint density at radius 2 is 1.85 bits per heavy atom. The summed E-state index contributed by atoms with van der Waals surface area (Å²) in [6.45, 7) is 6.40. The van der Waals surface area contributed by atoms with Gasteiger partial charge in [0.15, 0.2) is 24.9 Å². The minimum Gasteiger partial charge on any atom is -0.494 e. The number of aliphatic imine (C=N–C) groups is 1. The van der Waals surface area contributed by atoms with Crippen molar-refractivity contribution < 1.29 is 28.4 Å². The number of nitriles is 1. The molecule has 0 aliphatic carbocycles. The van der Waals surface area contributed by atoms with Crippen molar-refractivity contribution in [1.29, 1.82) is 5.26 Å². The van der Waals surface area contributed by atoms with Crippen molar-refractivity contribution in [3.8, 4) is 11.9 Å². The highest BCUT2D eigenvalue weighted by molar-refractivity contribution is 6.30. The number of aromatic nitrogens is 1. The standard InChI is InChI=1S/C27H35ClN6O5/c1-27(2,3)39-24(18-35)32-26(36)38-20-33-15-12-22(13-16-33)34(25(30)31-19-29)14-6-4-5-7-17-37-23-10-8-21(28)9-11-23/h8-13,15-16,18,24H,4-7,14,17,20H2,1-3H3,(H2-,30,31,32,36)/p+1. The van der Waals surface area contributed by atoms with Crippen LogP contribution in [0.5, 0.6) is 5.75 Å². The second kappa shape index (κ2) is 16.2. The zero-order valence-electron chi connectivity index (χ0n) is 22.5. The average Bonchev–Trinajstić information content (AvgIpc) is 2.89. The third-order valence-corrected chi connectivity index (χ3v) is 5.45. The monoisotopic (exact) mass is 559 g/mol. The Morgan fingerprint density at radius 3 is 2.46 bits per heavy atom. The summed E-state index contributed by atoms with van der Waals surface area (Å²) in [5.41, 5.74) is 6.16.